The highest BCUT2D eigenvalue weighted by Gasteiger charge is 2.04. The first-order chi connectivity index (χ1) is 7.16. The zero-order valence-corrected chi connectivity index (χ0v) is 8.17. The molecule has 0 aliphatic heterocycles. The highest BCUT2D eigenvalue weighted by Crippen LogP contribution is 2.23. The number of halogens is 2. The quantitative estimate of drug-likeness (QED) is 0.650. The van der Waals surface area contributed by atoms with Gasteiger partial charge in [-0.15, -0.1) is 0 Å². The number of rotatable bonds is 1. The number of hydrogen-bond acceptors (Lipinski definition) is 1. The van der Waals surface area contributed by atoms with Crippen molar-refractivity contribution in [2.75, 3.05) is 0 Å². The van der Waals surface area contributed by atoms with Gasteiger partial charge in [-0.05, 0) is 36.2 Å². The summed E-state index contributed by atoms with van der Waals surface area (Å²) in [6.45, 7) is 1.77. The average molecular weight is 205 g/mol. The first-order valence-electron chi connectivity index (χ1n) is 4.55. The van der Waals surface area contributed by atoms with Crippen molar-refractivity contribution in [3.63, 3.8) is 0 Å². The lowest BCUT2D eigenvalue weighted by Gasteiger charge is -2.05. The number of nitrogens with zero attached hydrogens (tertiary/aromatic N) is 1. The number of benzene rings is 1. The Bertz CT molecular complexity index is 495. The molecule has 1 nitrogen and oxygen atoms in total. The van der Waals surface area contributed by atoms with Gasteiger partial charge in [-0.25, -0.2) is 9.37 Å². The van der Waals surface area contributed by atoms with Crippen LogP contribution in [0, 0.1) is 18.7 Å². The molecular weight excluding hydrogens is 196 g/mol. The normalized spacial score (nSPS) is 10.3. The zero-order valence-electron chi connectivity index (χ0n) is 8.17. The maximum Gasteiger partial charge on any atom is 0.213 e. The topological polar surface area (TPSA) is 12.9 Å². The van der Waals surface area contributed by atoms with Crippen LogP contribution in [-0.4, -0.2) is 4.98 Å². The van der Waals surface area contributed by atoms with E-state index in [0.717, 1.165) is 11.1 Å². The van der Waals surface area contributed by atoms with Gasteiger partial charge in [-0.3, -0.25) is 0 Å². The van der Waals surface area contributed by atoms with Gasteiger partial charge in [0, 0.05) is 11.8 Å². The molecular formula is C12H9F2N. The van der Waals surface area contributed by atoms with E-state index in [2.05, 4.69) is 4.98 Å². The molecule has 0 unspecified atom stereocenters. The maximum atomic E-state index is 13.0. The fourth-order valence-corrected chi connectivity index (χ4v) is 1.48. The summed E-state index contributed by atoms with van der Waals surface area (Å²) in [5, 5.41) is 0. The van der Waals surface area contributed by atoms with Gasteiger partial charge in [0.05, 0.1) is 0 Å². The second-order valence-electron chi connectivity index (χ2n) is 3.33. The summed E-state index contributed by atoms with van der Waals surface area (Å²) in [6, 6.07) is 7.50. The van der Waals surface area contributed by atoms with Crippen LogP contribution in [0.3, 0.4) is 0 Å². The van der Waals surface area contributed by atoms with Gasteiger partial charge >= 0.3 is 0 Å². The highest BCUT2D eigenvalue weighted by molar-refractivity contribution is 5.65. The van der Waals surface area contributed by atoms with Crippen molar-refractivity contribution in [1.29, 1.82) is 0 Å². The Morgan fingerprint density at radius 1 is 1.13 bits per heavy atom. The molecule has 76 valence electrons. The lowest BCUT2D eigenvalue weighted by molar-refractivity contribution is 0.583. The van der Waals surface area contributed by atoms with E-state index in [0.29, 0.717) is 5.56 Å². The first-order valence-corrected chi connectivity index (χ1v) is 4.55. The molecule has 1 aromatic carbocycles. The van der Waals surface area contributed by atoms with Crippen molar-refractivity contribution in [1.82, 2.24) is 4.98 Å². The summed E-state index contributed by atoms with van der Waals surface area (Å²) >= 11 is 0. The molecule has 2 rings (SSSR count). The molecule has 0 aliphatic carbocycles. The summed E-state index contributed by atoms with van der Waals surface area (Å²) in [5.74, 6) is -0.830. The predicted molar refractivity (Wildman–Crippen MR) is 54.3 cm³/mol. The SMILES string of the molecule is Cc1cc(F)ncc1-c1cccc(F)c1. The van der Waals surface area contributed by atoms with Crippen molar-refractivity contribution in [2.45, 2.75) is 6.92 Å². The summed E-state index contributed by atoms with van der Waals surface area (Å²) in [5.41, 5.74) is 2.20. The first kappa shape index (κ1) is 9.77. The fraction of sp³-hybridized carbons (Fsp3) is 0.0833. The number of aryl methyl sites for hydroxylation is 1. The van der Waals surface area contributed by atoms with E-state index in [-0.39, 0.29) is 5.82 Å². The maximum absolute atomic E-state index is 13.0. The second-order valence-corrected chi connectivity index (χ2v) is 3.33. The van der Waals surface area contributed by atoms with Crippen LogP contribution in [0.2, 0.25) is 0 Å². The molecule has 0 bridgehead atoms. The van der Waals surface area contributed by atoms with E-state index in [4.69, 9.17) is 0 Å². The molecule has 0 radical (unpaired) electrons. The molecule has 15 heavy (non-hydrogen) atoms. The van der Waals surface area contributed by atoms with E-state index >= 15 is 0 Å². The van der Waals surface area contributed by atoms with Crippen molar-refractivity contribution >= 4 is 0 Å². The van der Waals surface area contributed by atoms with E-state index in [1.54, 1.807) is 19.1 Å². The number of pyridine rings is 1. The van der Waals surface area contributed by atoms with Gasteiger partial charge in [0.1, 0.15) is 5.82 Å². The van der Waals surface area contributed by atoms with Crippen molar-refractivity contribution < 1.29 is 8.78 Å². The molecule has 1 heterocycles. The Morgan fingerprint density at radius 2 is 1.93 bits per heavy atom. The van der Waals surface area contributed by atoms with Crippen LogP contribution >= 0.6 is 0 Å². The van der Waals surface area contributed by atoms with Crippen LogP contribution in [0.1, 0.15) is 5.56 Å². The second kappa shape index (κ2) is 3.77. The minimum Gasteiger partial charge on any atom is -0.228 e. The predicted octanol–water partition coefficient (Wildman–Crippen LogP) is 3.34. The minimum absolute atomic E-state index is 0.309. The third-order valence-electron chi connectivity index (χ3n) is 2.21. The molecule has 0 fully saturated rings. The lowest BCUT2D eigenvalue weighted by Crippen LogP contribution is -1.89. The Kier molecular flexibility index (Phi) is 2.46. The minimum atomic E-state index is -0.521. The molecule has 0 spiro atoms. The van der Waals surface area contributed by atoms with Crippen LogP contribution in [0.25, 0.3) is 11.1 Å². The van der Waals surface area contributed by atoms with E-state index in [9.17, 15) is 8.78 Å². The van der Waals surface area contributed by atoms with Crippen molar-refractivity contribution in [2.24, 2.45) is 0 Å². The van der Waals surface area contributed by atoms with Gasteiger partial charge in [-0.2, -0.15) is 4.39 Å². The molecule has 3 heteroatoms. The molecule has 0 amide bonds. The van der Waals surface area contributed by atoms with E-state index in [1.807, 2.05) is 0 Å². The molecule has 0 aliphatic rings. The van der Waals surface area contributed by atoms with Crippen LogP contribution in [0.15, 0.2) is 36.5 Å². The highest BCUT2D eigenvalue weighted by atomic mass is 19.1. The third kappa shape index (κ3) is 2.01. The van der Waals surface area contributed by atoms with Crippen LogP contribution in [0.5, 0.6) is 0 Å². The monoisotopic (exact) mass is 205 g/mol. The molecule has 0 atom stereocenters. The van der Waals surface area contributed by atoms with Crippen LogP contribution in [0.4, 0.5) is 8.78 Å². The van der Waals surface area contributed by atoms with Crippen molar-refractivity contribution in [3.8, 4) is 11.1 Å². The number of aromatic nitrogens is 1. The Morgan fingerprint density at radius 3 is 2.60 bits per heavy atom. The average Bonchev–Trinajstić information content (AvgIpc) is 2.17. The van der Waals surface area contributed by atoms with Gasteiger partial charge in [0.15, 0.2) is 0 Å². The standard InChI is InChI=1S/C12H9F2N/c1-8-5-12(14)15-7-11(8)9-3-2-4-10(13)6-9/h2-7H,1H3. The molecule has 0 saturated carbocycles. The van der Waals surface area contributed by atoms with Crippen LogP contribution < -0.4 is 0 Å². The third-order valence-corrected chi connectivity index (χ3v) is 2.21. The molecule has 0 saturated heterocycles. The Hall–Kier alpha value is -1.77. The summed E-state index contributed by atoms with van der Waals surface area (Å²) in [4.78, 5) is 3.56. The van der Waals surface area contributed by atoms with Gasteiger partial charge < -0.3 is 0 Å². The van der Waals surface area contributed by atoms with E-state index in [1.165, 1.54) is 24.4 Å². The van der Waals surface area contributed by atoms with Crippen molar-refractivity contribution in [3.05, 3.63) is 53.9 Å². The molecule has 0 N–H and O–H groups in total. The molecule has 1 aromatic heterocycles. The summed E-state index contributed by atoms with van der Waals surface area (Å²) < 4.78 is 25.7. The number of hydrogen-bond donors (Lipinski definition) is 0. The molecule has 2 aromatic rings. The Balaban J connectivity index is 2.54. The van der Waals surface area contributed by atoms with Gasteiger partial charge in [0.2, 0.25) is 5.95 Å². The van der Waals surface area contributed by atoms with E-state index < -0.39 is 5.95 Å². The van der Waals surface area contributed by atoms with Gasteiger partial charge in [-0.1, -0.05) is 12.1 Å². The Labute approximate surface area is 86.4 Å². The summed E-state index contributed by atoms with van der Waals surface area (Å²) in [7, 11) is 0. The summed E-state index contributed by atoms with van der Waals surface area (Å²) in [6.07, 6.45) is 1.42. The zero-order chi connectivity index (χ0) is 10.8. The van der Waals surface area contributed by atoms with Gasteiger partial charge in [0.25, 0.3) is 0 Å². The lowest BCUT2D eigenvalue weighted by atomic mass is 10.0. The largest absolute Gasteiger partial charge is 0.228 e. The van der Waals surface area contributed by atoms with Crippen LogP contribution in [-0.2, 0) is 0 Å². The fourth-order valence-electron chi connectivity index (χ4n) is 1.48. The smallest absolute Gasteiger partial charge is 0.213 e.